The third-order valence-corrected chi connectivity index (χ3v) is 6.25. The minimum Gasteiger partial charge on any atom is -0.508 e. The molecule has 186 valence electrons. The number of unbranched alkanes of at least 4 members (excludes halogenated alkanes) is 15. The largest absolute Gasteiger partial charge is 0.508 e. The molecule has 4 nitrogen and oxygen atoms in total. The number of hydrogen-bond donors (Lipinski definition) is 2. The average Bonchev–Trinajstić information content (AvgIpc) is 2.80. The second kappa shape index (κ2) is 18.4. The van der Waals surface area contributed by atoms with E-state index in [4.69, 9.17) is 16.9 Å². The lowest BCUT2D eigenvalue weighted by atomic mass is 9.92. The molecular weight excluding hydrogens is 410 g/mol. The van der Waals surface area contributed by atoms with Crippen molar-refractivity contribution < 1.29 is 14.6 Å². The molecule has 1 unspecified atom stereocenters. The summed E-state index contributed by atoms with van der Waals surface area (Å²) >= 11 is 0. The topological polar surface area (TPSA) is 72.5 Å². The Morgan fingerprint density at radius 1 is 0.909 bits per heavy atom. The number of benzene rings is 1. The van der Waals surface area contributed by atoms with E-state index in [1.807, 2.05) is 0 Å². The molecule has 4 heteroatoms. The number of hydrogen-bond acceptors (Lipinski definition) is 4. The number of ether oxygens (including phenoxy) is 1. The van der Waals surface area contributed by atoms with Gasteiger partial charge in [-0.2, -0.15) is 0 Å². The van der Waals surface area contributed by atoms with E-state index in [0.29, 0.717) is 12.2 Å². The Morgan fingerprint density at radius 3 is 1.85 bits per heavy atom. The van der Waals surface area contributed by atoms with Gasteiger partial charge in [-0.25, -0.2) is 4.79 Å². The highest BCUT2D eigenvalue weighted by atomic mass is 16.5. The molecule has 0 aliphatic heterocycles. The first-order chi connectivity index (χ1) is 16.0. The molecule has 1 atom stereocenters. The minimum absolute atomic E-state index is 0.119. The number of carbonyl (C=O) groups is 1. The van der Waals surface area contributed by atoms with Crippen LogP contribution in [-0.2, 0) is 16.0 Å². The van der Waals surface area contributed by atoms with Gasteiger partial charge in [0.05, 0.1) is 6.61 Å². The quantitative estimate of drug-likeness (QED) is 0.125. The third-order valence-electron chi connectivity index (χ3n) is 6.25. The standard InChI is InChI=1S/C29H47NO3/c1-3-5-6-7-8-9-10-11-12-13-14-15-16-17-18-19-23-33-28(32)29(30,4-2)25-26-21-20-22-27(31)24-26/h2,20-22,24,31H,3,5-19,23,25,30H2,1H3. The van der Waals surface area contributed by atoms with Crippen LogP contribution in [0.3, 0.4) is 0 Å². The van der Waals surface area contributed by atoms with Gasteiger partial charge in [0.1, 0.15) is 5.75 Å². The van der Waals surface area contributed by atoms with Crippen LogP contribution in [-0.4, -0.2) is 23.2 Å². The van der Waals surface area contributed by atoms with Crippen molar-refractivity contribution in [1.82, 2.24) is 0 Å². The highest BCUT2D eigenvalue weighted by Gasteiger charge is 2.34. The third kappa shape index (κ3) is 14.0. The molecule has 0 bridgehead atoms. The van der Waals surface area contributed by atoms with Crippen molar-refractivity contribution in [3.8, 4) is 18.1 Å². The molecule has 0 spiro atoms. The molecule has 0 radical (unpaired) electrons. The average molecular weight is 458 g/mol. The Labute approximate surface area is 202 Å². The lowest BCUT2D eigenvalue weighted by Crippen LogP contribution is -2.49. The van der Waals surface area contributed by atoms with E-state index in [1.54, 1.807) is 24.3 Å². The maximum atomic E-state index is 12.4. The van der Waals surface area contributed by atoms with Crippen molar-refractivity contribution >= 4 is 5.97 Å². The van der Waals surface area contributed by atoms with E-state index >= 15 is 0 Å². The Balaban J connectivity index is 1.98. The van der Waals surface area contributed by atoms with Crippen LogP contribution >= 0.6 is 0 Å². The van der Waals surface area contributed by atoms with E-state index in [1.165, 1.54) is 89.9 Å². The molecule has 0 amide bonds. The van der Waals surface area contributed by atoms with E-state index in [-0.39, 0.29) is 12.2 Å². The van der Waals surface area contributed by atoms with Crippen molar-refractivity contribution in [2.75, 3.05) is 6.61 Å². The molecule has 0 aliphatic rings. The molecule has 0 saturated carbocycles. The second-order valence-electron chi connectivity index (χ2n) is 9.40. The molecule has 1 aromatic rings. The van der Waals surface area contributed by atoms with Crippen LogP contribution in [0.5, 0.6) is 5.75 Å². The smallest absolute Gasteiger partial charge is 0.339 e. The van der Waals surface area contributed by atoms with E-state index in [9.17, 15) is 9.90 Å². The van der Waals surface area contributed by atoms with E-state index in [0.717, 1.165) is 12.8 Å². The summed E-state index contributed by atoms with van der Waals surface area (Å²) in [5.41, 5.74) is 5.29. The van der Waals surface area contributed by atoms with Crippen molar-refractivity contribution in [2.45, 2.75) is 122 Å². The number of nitrogens with two attached hydrogens (primary N) is 1. The summed E-state index contributed by atoms with van der Waals surface area (Å²) in [6.45, 7) is 2.62. The van der Waals surface area contributed by atoms with Crippen LogP contribution in [0, 0.1) is 12.3 Å². The van der Waals surface area contributed by atoms with E-state index in [2.05, 4.69) is 12.8 Å². The number of esters is 1. The van der Waals surface area contributed by atoms with Crippen molar-refractivity contribution in [1.29, 1.82) is 0 Å². The van der Waals surface area contributed by atoms with Gasteiger partial charge in [0, 0.05) is 6.42 Å². The first-order valence-electron chi connectivity index (χ1n) is 13.2. The summed E-state index contributed by atoms with van der Waals surface area (Å²) in [7, 11) is 0. The molecule has 0 heterocycles. The lowest BCUT2D eigenvalue weighted by molar-refractivity contribution is -0.148. The number of carbonyl (C=O) groups excluding carboxylic acids is 1. The Kier molecular flexibility index (Phi) is 16.2. The summed E-state index contributed by atoms with van der Waals surface area (Å²) in [5, 5.41) is 9.58. The Morgan fingerprint density at radius 2 is 1.39 bits per heavy atom. The first-order valence-corrected chi connectivity index (χ1v) is 13.2. The molecule has 1 rings (SSSR count). The highest BCUT2D eigenvalue weighted by Crippen LogP contribution is 2.18. The minimum atomic E-state index is -1.51. The van der Waals surface area contributed by atoms with Crippen LogP contribution in [0.1, 0.15) is 115 Å². The zero-order valence-corrected chi connectivity index (χ0v) is 21.0. The van der Waals surface area contributed by atoms with Gasteiger partial charge >= 0.3 is 5.97 Å². The number of phenolic OH excluding ortho intramolecular Hbond substituents is 1. The van der Waals surface area contributed by atoms with Crippen LogP contribution < -0.4 is 5.73 Å². The molecule has 0 aliphatic carbocycles. The predicted molar refractivity (Wildman–Crippen MR) is 138 cm³/mol. The number of terminal acetylenes is 1. The predicted octanol–water partition coefficient (Wildman–Crippen LogP) is 7.07. The van der Waals surface area contributed by atoms with Crippen molar-refractivity contribution in [3.05, 3.63) is 29.8 Å². The van der Waals surface area contributed by atoms with Crippen LogP contribution in [0.25, 0.3) is 0 Å². The fourth-order valence-corrected chi connectivity index (χ4v) is 4.11. The molecule has 0 fully saturated rings. The zero-order valence-electron chi connectivity index (χ0n) is 21.0. The molecule has 0 aromatic heterocycles. The van der Waals surface area contributed by atoms with Crippen LogP contribution in [0.2, 0.25) is 0 Å². The Hall–Kier alpha value is -1.99. The van der Waals surface area contributed by atoms with Crippen LogP contribution in [0.4, 0.5) is 0 Å². The maximum Gasteiger partial charge on any atom is 0.339 e. The van der Waals surface area contributed by atoms with Gasteiger partial charge in [0.15, 0.2) is 5.54 Å². The zero-order chi connectivity index (χ0) is 24.2. The van der Waals surface area contributed by atoms with Gasteiger partial charge in [-0.05, 0) is 24.1 Å². The van der Waals surface area contributed by atoms with E-state index < -0.39 is 11.5 Å². The summed E-state index contributed by atoms with van der Waals surface area (Å²) in [6.07, 6.45) is 26.5. The number of aromatic hydroxyl groups is 1. The highest BCUT2D eigenvalue weighted by molar-refractivity contribution is 5.85. The van der Waals surface area contributed by atoms with Gasteiger partial charge in [0.25, 0.3) is 0 Å². The molecule has 3 N–H and O–H groups in total. The second-order valence-corrected chi connectivity index (χ2v) is 9.40. The maximum absolute atomic E-state index is 12.4. The Bertz CT molecular complexity index is 682. The van der Waals surface area contributed by atoms with Gasteiger partial charge in [-0.15, -0.1) is 6.42 Å². The summed E-state index contributed by atoms with van der Waals surface area (Å²) < 4.78 is 5.35. The fourth-order valence-electron chi connectivity index (χ4n) is 4.11. The van der Waals surface area contributed by atoms with Gasteiger partial charge in [-0.1, -0.05) is 121 Å². The fraction of sp³-hybridized carbons (Fsp3) is 0.690. The van der Waals surface area contributed by atoms with Gasteiger partial charge < -0.3 is 15.6 Å². The van der Waals surface area contributed by atoms with Gasteiger partial charge in [0.2, 0.25) is 0 Å². The van der Waals surface area contributed by atoms with Gasteiger partial charge in [-0.3, -0.25) is 0 Å². The van der Waals surface area contributed by atoms with Crippen molar-refractivity contribution in [3.63, 3.8) is 0 Å². The SMILES string of the molecule is C#CC(N)(Cc1cccc(O)c1)C(=O)OCCCCCCCCCCCCCCCCCC. The number of phenols is 1. The normalized spacial score (nSPS) is 12.8. The summed E-state index contributed by atoms with van der Waals surface area (Å²) in [4.78, 5) is 12.4. The monoisotopic (exact) mass is 457 g/mol. The lowest BCUT2D eigenvalue weighted by Gasteiger charge is -2.21. The molecule has 0 saturated heterocycles. The van der Waals surface area contributed by atoms with Crippen molar-refractivity contribution in [2.24, 2.45) is 5.73 Å². The molecule has 1 aromatic carbocycles. The molecular formula is C29H47NO3. The number of rotatable bonds is 20. The summed E-state index contributed by atoms with van der Waals surface area (Å²) in [5.74, 6) is 1.92. The van der Waals surface area contributed by atoms with Crippen LogP contribution in [0.15, 0.2) is 24.3 Å². The summed E-state index contributed by atoms with van der Waals surface area (Å²) in [6, 6.07) is 6.60. The first kappa shape index (κ1) is 29.0. The molecule has 33 heavy (non-hydrogen) atoms.